The van der Waals surface area contributed by atoms with Crippen molar-refractivity contribution in [1.82, 2.24) is 20.3 Å². The van der Waals surface area contributed by atoms with Crippen molar-refractivity contribution in [3.8, 4) is 22.5 Å². The van der Waals surface area contributed by atoms with E-state index in [9.17, 15) is 60.7 Å². The second-order valence-corrected chi connectivity index (χ2v) is 29.3. The number of aliphatic hydroxyl groups excluding tert-OH is 10. The number of ketones is 1. The number of nitrogens with one attached hydrogen (secondary N) is 2. The number of aryl methyl sites for hydroxylation is 1. The van der Waals surface area contributed by atoms with Gasteiger partial charge in [-0.15, -0.1) is 5.10 Å². The molecule has 12 rings (SSSR count). The first-order valence-corrected chi connectivity index (χ1v) is 36.7. The first-order chi connectivity index (χ1) is 50.1. The molecule has 5 aromatic rings. The third kappa shape index (κ3) is 16.1. The van der Waals surface area contributed by atoms with Gasteiger partial charge in [-0.1, -0.05) is 123 Å². The molecule has 3 saturated heterocycles. The lowest BCUT2D eigenvalue weighted by atomic mass is 9.81. The fourth-order valence-corrected chi connectivity index (χ4v) is 15.8. The molecule has 25 heteroatoms. The standard InChI is InChI=1S/C79H101N7O18/c1-78(2)51-27-13-16-30-54(51)84(5)60(78)36-34-46-22-20-23-47(42-46)35-37-61-79(3,4)52-28-14-17-31-55(52)85(61)39-19-7-9-33-62(91)80-38-18-6-8-32-56(90)63-48-24-10-11-25-49(48)64-65(50-26-12-15-29-53(50)81-63)86(83-82-64)40-21-41-99-75-71(97)68(94)73(58(44-88)101-75)104-77-72(98)69(95)74(59(45-89)102-77)103-76-70(96)67(93)66(92)57(43-87)100-76/h10-17,24-31,34-37,42,57-59,63,66-77,87-89,92-98H,6-9,18-23,32-33,38-41,43-45H2,1-5H3,(H-,80,81,83,91)/p+1/t57-,58-,59-,63?,66-,67-,68+,69+,70-,71-,72-,73-,74-,75?,76?,77?/m1/s1. The van der Waals surface area contributed by atoms with E-state index in [4.69, 9.17) is 28.4 Å². The normalized spacial score (nSPS) is 29.9. The van der Waals surface area contributed by atoms with E-state index in [1.54, 1.807) is 4.68 Å². The Hall–Kier alpha value is -7.25. The molecule has 4 aromatic carbocycles. The molecule has 1 amide bonds. The summed E-state index contributed by atoms with van der Waals surface area (Å²) in [6.45, 7) is 8.47. The van der Waals surface area contributed by atoms with E-state index in [1.165, 1.54) is 45.1 Å². The van der Waals surface area contributed by atoms with E-state index in [0.29, 0.717) is 49.3 Å². The molecule has 0 radical (unpaired) electrons. The molecule has 7 heterocycles. The molecule has 7 aliphatic rings. The molecule has 3 fully saturated rings. The van der Waals surface area contributed by atoms with Gasteiger partial charge in [0.25, 0.3) is 0 Å². The van der Waals surface area contributed by atoms with Crippen LogP contribution in [-0.2, 0) is 55.4 Å². The van der Waals surface area contributed by atoms with Gasteiger partial charge in [0.15, 0.2) is 30.4 Å². The van der Waals surface area contributed by atoms with Crippen LogP contribution in [0.1, 0.15) is 127 Å². The van der Waals surface area contributed by atoms with Crippen molar-refractivity contribution in [2.75, 3.05) is 56.8 Å². The Kier molecular flexibility index (Phi) is 24.7. The van der Waals surface area contributed by atoms with Crippen molar-refractivity contribution >= 4 is 34.5 Å². The molecule has 6 aliphatic heterocycles. The maximum Gasteiger partial charge on any atom is 0.219 e. The number of aliphatic hydroxyl groups is 10. The Bertz CT molecular complexity index is 3980. The van der Waals surface area contributed by atoms with Crippen LogP contribution in [0.25, 0.3) is 22.5 Å². The van der Waals surface area contributed by atoms with Crippen LogP contribution in [0.3, 0.4) is 0 Å². The summed E-state index contributed by atoms with van der Waals surface area (Å²) in [5.41, 5.74) is 14.5. The molecule has 4 unspecified atom stereocenters. The number of para-hydroxylation sites is 3. The summed E-state index contributed by atoms with van der Waals surface area (Å²) in [4.78, 5) is 29.9. The fourth-order valence-electron chi connectivity index (χ4n) is 15.8. The van der Waals surface area contributed by atoms with Gasteiger partial charge in [-0.3, -0.25) is 9.59 Å². The van der Waals surface area contributed by atoms with Crippen molar-refractivity contribution in [3.05, 3.63) is 161 Å². The third-order valence-electron chi connectivity index (χ3n) is 21.6. The highest BCUT2D eigenvalue weighted by atomic mass is 16.8. The molecule has 560 valence electrons. The van der Waals surface area contributed by atoms with Crippen LogP contribution in [0.2, 0.25) is 0 Å². The monoisotopic (exact) mass is 1440 g/mol. The molecular weight excluding hydrogens is 1330 g/mol. The number of likely N-dealkylation sites (N-methyl/N-ethyl adjacent to an activating group) is 1. The number of unbranched alkanes of at least 4 members (excludes halogenated alkanes) is 4. The van der Waals surface area contributed by atoms with Crippen LogP contribution in [0.15, 0.2) is 144 Å². The molecule has 12 N–H and O–H groups in total. The lowest BCUT2D eigenvalue weighted by molar-refractivity contribution is -0.438. The zero-order chi connectivity index (χ0) is 73.6. The number of ether oxygens (including phenoxy) is 6. The summed E-state index contributed by atoms with van der Waals surface area (Å²) in [6, 6.07) is 32.0. The number of hydrogen-bond donors (Lipinski definition) is 12. The van der Waals surface area contributed by atoms with Crippen LogP contribution >= 0.6 is 0 Å². The van der Waals surface area contributed by atoms with Crippen molar-refractivity contribution in [2.45, 2.75) is 220 Å². The van der Waals surface area contributed by atoms with Gasteiger partial charge in [-0.05, 0) is 106 Å². The summed E-state index contributed by atoms with van der Waals surface area (Å²) in [6.07, 6.45) is -4.65. The quantitative estimate of drug-likeness (QED) is 0.0210. The molecular formula is C79H102N7O18+. The van der Waals surface area contributed by atoms with Gasteiger partial charge in [-0.2, -0.15) is 4.58 Å². The van der Waals surface area contributed by atoms with Gasteiger partial charge in [0, 0.05) is 90.7 Å². The molecule has 0 bridgehead atoms. The average Bonchev–Trinajstić information content (AvgIpc) is 1.59. The predicted octanol–water partition coefficient (Wildman–Crippen LogP) is 5.72. The van der Waals surface area contributed by atoms with Gasteiger partial charge in [0.05, 0.1) is 37.5 Å². The second kappa shape index (κ2) is 33.7. The number of Topliss-reactive ketones (excluding diaryl/α,β-unsaturated/α-hetero) is 1. The summed E-state index contributed by atoms with van der Waals surface area (Å²) < 4.78 is 38.6. The first-order valence-electron chi connectivity index (χ1n) is 36.7. The summed E-state index contributed by atoms with van der Waals surface area (Å²) in [5, 5.41) is 122. The Balaban J connectivity index is 0.591. The van der Waals surface area contributed by atoms with Gasteiger partial charge >= 0.3 is 0 Å². The van der Waals surface area contributed by atoms with E-state index < -0.39 is 118 Å². The molecule has 1 aromatic heterocycles. The van der Waals surface area contributed by atoms with E-state index >= 15 is 0 Å². The Morgan fingerprint density at radius 2 is 1.27 bits per heavy atom. The number of benzene rings is 4. The number of amides is 1. The smallest absolute Gasteiger partial charge is 0.219 e. The van der Waals surface area contributed by atoms with Crippen LogP contribution in [0, 0.1) is 0 Å². The Labute approximate surface area is 606 Å². The minimum Gasteiger partial charge on any atom is -0.394 e. The van der Waals surface area contributed by atoms with Crippen LogP contribution in [0.5, 0.6) is 0 Å². The van der Waals surface area contributed by atoms with Gasteiger partial charge < -0.3 is 95.0 Å². The highest BCUT2D eigenvalue weighted by molar-refractivity contribution is 6.03. The second-order valence-electron chi connectivity index (χ2n) is 29.3. The van der Waals surface area contributed by atoms with Gasteiger partial charge in [-0.25, -0.2) is 4.68 Å². The number of carbonyl (C=O) groups excluding carboxylic acids is 2. The minimum atomic E-state index is -1.97. The number of nitrogens with zero attached hydrogens (tertiary/aromatic N) is 5. The maximum absolute atomic E-state index is 14.4. The zero-order valence-corrected chi connectivity index (χ0v) is 59.8. The lowest BCUT2D eigenvalue weighted by Gasteiger charge is -2.48. The summed E-state index contributed by atoms with van der Waals surface area (Å²) in [5.74, 6) is 0.0471. The van der Waals surface area contributed by atoms with E-state index in [2.05, 4.69) is 144 Å². The van der Waals surface area contributed by atoms with Crippen molar-refractivity contribution in [2.24, 2.45) is 0 Å². The van der Waals surface area contributed by atoms with Crippen LogP contribution in [-0.4, -0.2) is 227 Å². The zero-order valence-electron chi connectivity index (χ0n) is 59.8. The fraction of sp³-hybridized carbons (Fsp3) is 0.532. The topological polar surface area (TPSA) is 353 Å². The molecule has 0 spiro atoms. The van der Waals surface area contributed by atoms with E-state index in [0.717, 1.165) is 74.6 Å². The highest BCUT2D eigenvalue weighted by Crippen LogP contribution is 2.48. The largest absolute Gasteiger partial charge is 0.394 e. The molecule has 1 aliphatic carbocycles. The van der Waals surface area contributed by atoms with E-state index in [-0.39, 0.29) is 35.7 Å². The predicted molar refractivity (Wildman–Crippen MR) is 386 cm³/mol. The van der Waals surface area contributed by atoms with Crippen LogP contribution < -0.4 is 15.5 Å². The average molecular weight is 1440 g/mol. The van der Waals surface area contributed by atoms with Gasteiger partial charge in [0.2, 0.25) is 11.6 Å². The summed E-state index contributed by atoms with van der Waals surface area (Å²) >= 11 is 0. The van der Waals surface area contributed by atoms with Crippen molar-refractivity contribution in [3.63, 3.8) is 0 Å². The number of hydrogen-bond acceptors (Lipinski definition) is 22. The summed E-state index contributed by atoms with van der Waals surface area (Å²) in [7, 11) is 2.17. The number of anilines is 2. The third-order valence-corrected chi connectivity index (χ3v) is 21.6. The Morgan fingerprint density at radius 3 is 2.00 bits per heavy atom. The number of rotatable bonds is 28. The number of carbonyl (C=O) groups is 2. The maximum atomic E-state index is 14.4. The molecule has 104 heavy (non-hydrogen) atoms. The van der Waals surface area contributed by atoms with Crippen LogP contribution in [0.4, 0.5) is 17.1 Å². The van der Waals surface area contributed by atoms with Gasteiger partial charge in [0.1, 0.15) is 91.5 Å². The number of fused-ring (bicyclic) bond motifs is 7. The highest BCUT2D eigenvalue weighted by Gasteiger charge is 2.54. The molecule has 16 atom stereocenters. The lowest BCUT2D eigenvalue weighted by Crippen LogP contribution is -2.66. The van der Waals surface area contributed by atoms with Crippen molar-refractivity contribution in [1.29, 1.82) is 0 Å². The van der Waals surface area contributed by atoms with Crippen molar-refractivity contribution < 1.29 is 93.7 Å². The molecule has 0 saturated carbocycles. The first kappa shape index (κ1) is 76.4. The number of allylic oxidation sites excluding steroid dienone is 8. The Morgan fingerprint density at radius 1 is 0.644 bits per heavy atom. The van der Waals surface area contributed by atoms with E-state index in [1.807, 2.05) is 48.5 Å². The minimum absolute atomic E-state index is 0.0101. The number of aromatic nitrogens is 3. The molecule has 25 nitrogen and oxygen atoms in total. The SMILES string of the molecule is CN1/C(=C/C=C2C=C(/C=C/C3=[N+](CCCCCC(=O)NCCCCCC(=O)C4Nc5ccccc5-c5c(nnn5CCCOC5O[C@H](CO)[C@@H](OC6O[C@H](CO)[C@@H](OC7O[C@H](CO)[C@@H](O)[C@@H](O)[C@H]7O)[C@@H](O)[C@H]6O)[C@@H](O)[C@H]5O)-c5ccccc54)c4ccccc4C3(C)C)CCC/2)C(C)(C)c2ccccc21.